The van der Waals surface area contributed by atoms with Gasteiger partial charge in [-0.25, -0.2) is 9.50 Å². The van der Waals surface area contributed by atoms with Gasteiger partial charge in [0.25, 0.3) is 5.91 Å². The van der Waals surface area contributed by atoms with Crippen LogP contribution in [-0.4, -0.2) is 26.4 Å². The van der Waals surface area contributed by atoms with Gasteiger partial charge in [0.15, 0.2) is 5.65 Å². The van der Waals surface area contributed by atoms with E-state index in [4.69, 9.17) is 0 Å². The molecule has 0 bridgehead atoms. The van der Waals surface area contributed by atoms with Crippen molar-refractivity contribution in [2.75, 3.05) is 10.6 Å². The maximum absolute atomic E-state index is 12.8. The van der Waals surface area contributed by atoms with E-state index in [1.807, 2.05) is 44.2 Å². The van der Waals surface area contributed by atoms with Crippen LogP contribution in [0.1, 0.15) is 28.7 Å². The molecule has 7 heteroatoms. The van der Waals surface area contributed by atoms with E-state index in [9.17, 15) is 9.59 Å². The molecule has 150 valence electrons. The summed E-state index contributed by atoms with van der Waals surface area (Å²) in [6, 6.07) is 16.9. The van der Waals surface area contributed by atoms with E-state index < -0.39 is 0 Å². The van der Waals surface area contributed by atoms with Gasteiger partial charge in [-0.15, -0.1) is 0 Å². The van der Waals surface area contributed by atoms with Gasteiger partial charge in [-0.3, -0.25) is 9.59 Å². The first-order valence-corrected chi connectivity index (χ1v) is 9.53. The third-order valence-corrected chi connectivity index (χ3v) is 4.83. The molecule has 2 amide bonds. The lowest BCUT2D eigenvalue weighted by Gasteiger charge is -2.10. The summed E-state index contributed by atoms with van der Waals surface area (Å²) in [5.74, 6) is -0.422. The molecule has 0 atom stereocenters. The second-order valence-corrected chi connectivity index (χ2v) is 7.03. The van der Waals surface area contributed by atoms with Gasteiger partial charge < -0.3 is 10.6 Å². The molecule has 2 heterocycles. The Balaban J connectivity index is 1.64. The average Bonchev–Trinajstić information content (AvgIpc) is 3.07. The second kappa shape index (κ2) is 7.79. The maximum atomic E-state index is 12.8. The monoisotopic (exact) mass is 399 g/mol. The van der Waals surface area contributed by atoms with Crippen LogP contribution in [0.15, 0.2) is 60.8 Å². The zero-order valence-corrected chi connectivity index (χ0v) is 16.9. The van der Waals surface area contributed by atoms with Crippen molar-refractivity contribution in [3.8, 4) is 11.1 Å². The van der Waals surface area contributed by atoms with Crippen molar-refractivity contribution in [1.29, 1.82) is 0 Å². The first kappa shape index (κ1) is 19.3. The Morgan fingerprint density at radius 3 is 2.17 bits per heavy atom. The number of fused-ring (bicyclic) bond motifs is 1. The molecule has 2 aromatic carbocycles. The molecule has 4 aromatic rings. The smallest absolute Gasteiger partial charge is 0.259 e. The number of hydrogen-bond acceptors (Lipinski definition) is 4. The number of hydrogen-bond donors (Lipinski definition) is 2. The van der Waals surface area contributed by atoms with Gasteiger partial charge in [-0.05, 0) is 43.7 Å². The fourth-order valence-corrected chi connectivity index (χ4v) is 3.41. The van der Waals surface area contributed by atoms with Crippen LogP contribution < -0.4 is 10.6 Å². The highest BCUT2D eigenvalue weighted by Crippen LogP contribution is 2.28. The number of carbonyl (C=O) groups is 2. The summed E-state index contributed by atoms with van der Waals surface area (Å²) < 4.78 is 1.71. The molecule has 0 saturated heterocycles. The first-order chi connectivity index (χ1) is 14.4. The molecule has 0 unspecified atom stereocenters. The molecule has 30 heavy (non-hydrogen) atoms. The van der Waals surface area contributed by atoms with Crippen LogP contribution in [0.25, 0.3) is 16.8 Å². The van der Waals surface area contributed by atoms with E-state index in [1.54, 1.807) is 35.0 Å². The minimum Gasteiger partial charge on any atom is -0.326 e. The van der Waals surface area contributed by atoms with Gasteiger partial charge in [-0.1, -0.05) is 30.3 Å². The quantitative estimate of drug-likeness (QED) is 0.538. The summed E-state index contributed by atoms with van der Waals surface area (Å²) >= 11 is 0. The van der Waals surface area contributed by atoms with Crippen LogP contribution in [0, 0.1) is 13.8 Å². The fourth-order valence-electron chi connectivity index (χ4n) is 3.41. The summed E-state index contributed by atoms with van der Waals surface area (Å²) in [6.07, 6.45) is 1.58. The van der Waals surface area contributed by atoms with E-state index in [0.717, 1.165) is 16.8 Å². The zero-order chi connectivity index (χ0) is 21.3. The van der Waals surface area contributed by atoms with Crippen LogP contribution in [-0.2, 0) is 4.79 Å². The Kier molecular flexibility index (Phi) is 5.02. The number of aromatic nitrogens is 3. The average molecular weight is 399 g/mol. The van der Waals surface area contributed by atoms with E-state index in [1.165, 1.54) is 6.92 Å². The minimum absolute atomic E-state index is 0.147. The summed E-state index contributed by atoms with van der Waals surface area (Å²) in [5, 5.41) is 10.2. The van der Waals surface area contributed by atoms with Gasteiger partial charge in [0, 0.05) is 30.1 Å². The van der Waals surface area contributed by atoms with E-state index in [-0.39, 0.29) is 11.8 Å². The van der Waals surface area contributed by atoms with E-state index in [2.05, 4.69) is 20.7 Å². The number of amides is 2. The van der Waals surface area contributed by atoms with Crippen LogP contribution in [0.5, 0.6) is 0 Å². The van der Waals surface area contributed by atoms with Crippen molar-refractivity contribution < 1.29 is 9.59 Å². The van der Waals surface area contributed by atoms with Gasteiger partial charge in [0.1, 0.15) is 0 Å². The predicted molar refractivity (Wildman–Crippen MR) is 117 cm³/mol. The maximum Gasteiger partial charge on any atom is 0.259 e. The lowest BCUT2D eigenvalue weighted by atomic mass is 10.1. The number of anilines is 2. The number of nitrogens with zero attached hydrogens (tertiary/aromatic N) is 3. The van der Waals surface area contributed by atoms with Crippen molar-refractivity contribution in [3.05, 3.63) is 77.7 Å². The summed E-state index contributed by atoms with van der Waals surface area (Å²) in [4.78, 5) is 28.5. The molecular formula is C23H21N5O2. The van der Waals surface area contributed by atoms with Crippen molar-refractivity contribution in [2.24, 2.45) is 0 Å². The first-order valence-electron chi connectivity index (χ1n) is 9.53. The molecule has 0 aliphatic carbocycles. The highest BCUT2D eigenvalue weighted by Gasteiger charge is 2.18. The Labute approximate surface area is 173 Å². The molecule has 0 spiro atoms. The van der Waals surface area contributed by atoms with Gasteiger partial charge in [-0.2, -0.15) is 5.10 Å². The SMILES string of the molecule is CC(=O)Nc1ccc(NC(=O)c2cnc3c(-c4ccccc4)c(C)nn3c2C)cc1. The Morgan fingerprint density at radius 2 is 1.53 bits per heavy atom. The Bertz CT molecular complexity index is 1240. The lowest BCUT2D eigenvalue weighted by Crippen LogP contribution is -2.16. The van der Waals surface area contributed by atoms with Gasteiger partial charge in [0.05, 0.1) is 17.0 Å². The number of aryl methyl sites for hydroxylation is 2. The number of benzene rings is 2. The van der Waals surface area contributed by atoms with Gasteiger partial charge in [0.2, 0.25) is 5.91 Å². The normalized spacial score (nSPS) is 10.8. The molecule has 0 fully saturated rings. The number of carbonyl (C=O) groups excluding carboxylic acids is 2. The summed E-state index contributed by atoms with van der Waals surface area (Å²) in [7, 11) is 0. The molecule has 0 aliphatic rings. The lowest BCUT2D eigenvalue weighted by molar-refractivity contribution is -0.114. The predicted octanol–water partition coefficient (Wildman–Crippen LogP) is 4.22. The molecule has 0 radical (unpaired) electrons. The van der Waals surface area contributed by atoms with Crippen LogP contribution >= 0.6 is 0 Å². The molecule has 0 saturated carbocycles. The van der Waals surface area contributed by atoms with Crippen LogP contribution in [0.4, 0.5) is 11.4 Å². The summed E-state index contributed by atoms with van der Waals surface area (Å²) in [5.41, 5.74) is 5.99. The minimum atomic E-state index is -0.274. The molecule has 2 N–H and O–H groups in total. The molecule has 7 nitrogen and oxygen atoms in total. The largest absolute Gasteiger partial charge is 0.326 e. The van der Waals surface area contributed by atoms with E-state index >= 15 is 0 Å². The van der Waals surface area contributed by atoms with Crippen LogP contribution in [0.2, 0.25) is 0 Å². The van der Waals surface area contributed by atoms with Crippen LogP contribution in [0.3, 0.4) is 0 Å². The van der Waals surface area contributed by atoms with E-state index in [0.29, 0.717) is 28.3 Å². The Hall–Kier alpha value is -4.00. The van der Waals surface area contributed by atoms with Crippen molar-refractivity contribution >= 4 is 28.8 Å². The van der Waals surface area contributed by atoms with Crippen molar-refractivity contribution in [2.45, 2.75) is 20.8 Å². The topological polar surface area (TPSA) is 88.4 Å². The molecule has 0 aliphatic heterocycles. The second-order valence-electron chi connectivity index (χ2n) is 7.03. The fraction of sp³-hybridized carbons (Fsp3) is 0.130. The highest BCUT2D eigenvalue weighted by molar-refractivity contribution is 6.05. The van der Waals surface area contributed by atoms with Crippen molar-refractivity contribution in [3.63, 3.8) is 0 Å². The molecule has 4 rings (SSSR count). The molecular weight excluding hydrogens is 378 g/mol. The standard InChI is InChI=1S/C23H21N5O2/c1-14-21(17-7-5-4-6-8-17)22-24-13-20(15(2)28(22)27-14)23(30)26-19-11-9-18(10-12-19)25-16(3)29/h4-13H,1-3H3,(H,25,29)(H,26,30). The highest BCUT2D eigenvalue weighted by atomic mass is 16.2. The van der Waals surface area contributed by atoms with Gasteiger partial charge >= 0.3 is 0 Å². The third-order valence-electron chi connectivity index (χ3n) is 4.83. The Morgan fingerprint density at radius 1 is 0.900 bits per heavy atom. The zero-order valence-electron chi connectivity index (χ0n) is 16.9. The molecule has 2 aromatic heterocycles. The summed E-state index contributed by atoms with van der Waals surface area (Å²) in [6.45, 7) is 5.24. The third kappa shape index (κ3) is 3.65. The van der Waals surface area contributed by atoms with Crippen molar-refractivity contribution in [1.82, 2.24) is 14.6 Å². The number of nitrogens with one attached hydrogen (secondary N) is 2. The number of rotatable bonds is 4.